The minimum absolute atomic E-state index is 0.148. The maximum atomic E-state index is 9.05. The van der Waals surface area contributed by atoms with Crippen LogP contribution in [-0.2, 0) is 13.2 Å². The van der Waals surface area contributed by atoms with E-state index in [0.717, 1.165) is 11.3 Å². The van der Waals surface area contributed by atoms with Crippen LogP contribution in [0.5, 0.6) is 5.75 Å². The third kappa shape index (κ3) is 3.27. The van der Waals surface area contributed by atoms with Crippen LogP contribution in [0.15, 0.2) is 54.7 Å². The number of rotatable bonds is 5. The van der Waals surface area contributed by atoms with Crippen LogP contribution in [0.2, 0.25) is 5.02 Å². The van der Waals surface area contributed by atoms with Crippen LogP contribution < -0.4 is 4.74 Å². The molecule has 5 nitrogen and oxygen atoms in total. The van der Waals surface area contributed by atoms with Crippen molar-refractivity contribution in [2.75, 3.05) is 0 Å². The smallest absolute Gasteiger partial charge is 0.140 e. The second-order valence-corrected chi connectivity index (χ2v) is 5.11. The van der Waals surface area contributed by atoms with Crippen LogP contribution in [0, 0.1) is 0 Å². The van der Waals surface area contributed by atoms with Crippen LogP contribution in [0.1, 0.15) is 11.3 Å². The van der Waals surface area contributed by atoms with Crippen molar-refractivity contribution in [1.82, 2.24) is 15.0 Å². The van der Waals surface area contributed by atoms with Crippen molar-refractivity contribution in [3.05, 3.63) is 71.0 Å². The van der Waals surface area contributed by atoms with Crippen LogP contribution in [0.25, 0.3) is 5.69 Å². The summed E-state index contributed by atoms with van der Waals surface area (Å²) in [6.45, 7) is 0.286. The fraction of sp³-hybridized carbons (Fsp3) is 0.125. The molecule has 0 saturated carbocycles. The lowest BCUT2D eigenvalue weighted by molar-refractivity contribution is 0.276. The summed E-state index contributed by atoms with van der Waals surface area (Å²) < 4.78 is 7.34. The molecule has 1 N–H and O–H groups in total. The molecule has 0 spiro atoms. The minimum Gasteiger partial charge on any atom is -0.487 e. The fourth-order valence-electron chi connectivity index (χ4n) is 1.98. The van der Waals surface area contributed by atoms with Crippen molar-refractivity contribution in [2.24, 2.45) is 0 Å². The lowest BCUT2D eigenvalue weighted by atomic mass is 10.2. The Bertz CT molecular complexity index is 759. The maximum absolute atomic E-state index is 9.05. The Morgan fingerprint density at radius 2 is 1.95 bits per heavy atom. The quantitative estimate of drug-likeness (QED) is 0.786. The number of ether oxygens (including phenoxy) is 1. The molecule has 0 unspecified atom stereocenters. The molecule has 0 aliphatic heterocycles. The molecule has 112 valence electrons. The lowest BCUT2D eigenvalue weighted by Gasteiger charge is -2.10. The zero-order valence-corrected chi connectivity index (χ0v) is 12.4. The molecule has 0 bridgehead atoms. The number of halogens is 1. The Morgan fingerprint density at radius 1 is 1.14 bits per heavy atom. The summed E-state index contributed by atoms with van der Waals surface area (Å²) in [5.74, 6) is 0.573. The molecular weight excluding hydrogens is 302 g/mol. The van der Waals surface area contributed by atoms with Crippen LogP contribution >= 0.6 is 11.6 Å². The first-order valence-corrected chi connectivity index (χ1v) is 7.13. The molecule has 2 aromatic carbocycles. The summed E-state index contributed by atoms with van der Waals surface area (Å²) in [6.07, 6.45) is 1.66. The molecule has 0 aliphatic rings. The number of hydrogen-bond donors (Lipinski definition) is 1. The van der Waals surface area contributed by atoms with E-state index in [4.69, 9.17) is 21.4 Å². The molecule has 0 atom stereocenters. The first kappa shape index (κ1) is 14.6. The highest BCUT2D eigenvalue weighted by Gasteiger charge is 2.07. The molecule has 3 aromatic rings. The summed E-state index contributed by atoms with van der Waals surface area (Å²) in [5, 5.41) is 17.4. The van der Waals surface area contributed by atoms with Crippen molar-refractivity contribution in [3.8, 4) is 11.4 Å². The van der Waals surface area contributed by atoms with Gasteiger partial charge in [-0.3, -0.25) is 0 Å². The van der Waals surface area contributed by atoms with Gasteiger partial charge in [-0.25, -0.2) is 4.68 Å². The summed E-state index contributed by atoms with van der Waals surface area (Å²) in [6, 6.07) is 15.2. The van der Waals surface area contributed by atoms with E-state index in [1.165, 1.54) is 0 Å². The Hall–Kier alpha value is -2.37. The highest BCUT2D eigenvalue weighted by atomic mass is 35.5. The Labute approximate surface area is 132 Å². The van der Waals surface area contributed by atoms with E-state index in [0.29, 0.717) is 23.1 Å². The van der Waals surface area contributed by atoms with E-state index in [2.05, 4.69) is 10.3 Å². The van der Waals surface area contributed by atoms with Crippen molar-refractivity contribution in [2.45, 2.75) is 13.2 Å². The summed E-state index contributed by atoms with van der Waals surface area (Å²) in [4.78, 5) is 0. The first-order valence-electron chi connectivity index (χ1n) is 6.75. The Balaban J connectivity index is 1.80. The van der Waals surface area contributed by atoms with E-state index in [1.54, 1.807) is 23.0 Å². The number of aliphatic hydroxyl groups is 1. The van der Waals surface area contributed by atoms with Crippen molar-refractivity contribution in [3.63, 3.8) is 0 Å². The number of aromatic nitrogens is 3. The van der Waals surface area contributed by atoms with Gasteiger partial charge in [-0.1, -0.05) is 47.1 Å². The van der Waals surface area contributed by atoms with E-state index >= 15 is 0 Å². The third-order valence-corrected chi connectivity index (χ3v) is 3.43. The summed E-state index contributed by atoms with van der Waals surface area (Å²) >= 11 is 6.17. The second kappa shape index (κ2) is 6.60. The van der Waals surface area contributed by atoms with Gasteiger partial charge in [-0.2, -0.15) is 0 Å². The van der Waals surface area contributed by atoms with Gasteiger partial charge >= 0.3 is 0 Å². The lowest BCUT2D eigenvalue weighted by Crippen LogP contribution is -1.99. The fourth-order valence-corrected chi connectivity index (χ4v) is 2.15. The minimum atomic E-state index is -0.148. The van der Waals surface area contributed by atoms with Gasteiger partial charge in [0.2, 0.25) is 0 Å². The van der Waals surface area contributed by atoms with E-state index in [-0.39, 0.29) is 6.61 Å². The zero-order valence-electron chi connectivity index (χ0n) is 11.7. The van der Waals surface area contributed by atoms with Crippen LogP contribution in [0.4, 0.5) is 0 Å². The Morgan fingerprint density at radius 3 is 2.68 bits per heavy atom. The number of benzene rings is 2. The summed E-state index contributed by atoms with van der Waals surface area (Å²) in [7, 11) is 0. The SMILES string of the molecule is OCc1cn(-c2ccc(Cl)c(OCc3ccccc3)c2)nn1. The van der Waals surface area contributed by atoms with Gasteiger partial charge < -0.3 is 9.84 Å². The molecule has 1 aromatic heterocycles. The predicted molar refractivity (Wildman–Crippen MR) is 83.1 cm³/mol. The van der Waals surface area contributed by atoms with Crippen LogP contribution in [0.3, 0.4) is 0 Å². The largest absolute Gasteiger partial charge is 0.487 e. The number of aliphatic hydroxyl groups excluding tert-OH is 1. The van der Waals surface area contributed by atoms with Gasteiger partial charge in [0.15, 0.2) is 0 Å². The van der Waals surface area contributed by atoms with Gasteiger partial charge in [0.1, 0.15) is 18.1 Å². The first-order chi connectivity index (χ1) is 10.8. The highest BCUT2D eigenvalue weighted by Crippen LogP contribution is 2.27. The van der Waals surface area contributed by atoms with E-state index in [1.807, 2.05) is 36.4 Å². The summed E-state index contributed by atoms with van der Waals surface area (Å²) in [5.41, 5.74) is 2.33. The molecule has 1 heterocycles. The third-order valence-electron chi connectivity index (χ3n) is 3.12. The Kier molecular flexibility index (Phi) is 4.37. The maximum Gasteiger partial charge on any atom is 0.140 e. The highest BCUT2D eigenvalue weighted by molar-refractivity contribution is 6.32. The van der Waals surface area contributed by atoms with Gasteiger partial charge in [0.25, 0.3) is 0 Å². The zero-order chi connectivity index (χ0) is 15.4. The molecule has 0 radical (unpaired) electrons. The molecule has 3 rings (SSSR count). The molecule has 22 heavy (non-hydrogen) atoms. The standard InChI is InChI=1S/C16H14ClN3O2/c17-15-7-6-14(20-9-13(10-21)18-19-20)8-16(15)22-11-12-4-2-1-3-5-12/h1-9,21H,10-11H2. The topological polar surface area (TPSA) is 60.2 Å². The van der Waals surface area contributed by atoms with E-state index in [9.17, 15) is 0 Å². The van der Waals surface area contributed by atoms with E-state index < -0.39 is 0 Å². The number of nitrogens with zero attached hydrogens (tertiary/aromatic N) is 3. The van der Waals surface area contributed by atoms with Crippen LogP contribution in [-0.4, -0.2) is 20.1 Å². The molecular formula is C16H14ClN3O2. The molecule has 6 heteroatoms. The van der Waals surface area contributed by atoms with Crippen molar-refractivity contribution >= 4 is 11.6 Å². The molecule has 0 amide bonds. The van der Waals surface area contributed by atoms with Gasteiger partial charge in [-0.05, 0) is 17.7 Å². The van der Waals surface area contributed by atoms with Crippen molar-refractivity contribution < 1.29 is 9.84 Å². The van der Waals surface area contributed by atoms with Gasteiger partial charge in [0.05, 0.1) is 23.5 Å². The van der Waals surface area contributed by atoms with Gasteiger partial charge in [0, 0.05) is 6.07 Å². The number of hydrogen-bond acceptors (Lipinski definition) is 4. The average molecular weight is 316 g/mol. The average Bonchev–Trinajstić information content (AvgIpc) is 3.04. The monoisotopic (exact) mass is 315 g/mol. The molecule has 0 saturated heterocycles. The predicted octanol–water partition coefficient (Wildman–Crippen LogP) is 2.99. The molecule has 0 aliphatic carbocycles. The van der Waals surface area contributed by atoms with Gasteiger partial charge in [-0.15, -0.1) is 5.10 Å². The van der Waals surface area contributed by atoms with Crippen molar-refractivity contribution in [1.29, 1.82) is 0 Å². The second-order valence-electron chi connectivity index (χ2n) is 4.70. The molecule has 0 fully saturated rings. The normalized spacial score (nSPS) is 10.6.